The first-order valence-corrected chi connectivity index (χ1v) is 8.29. The summed E-state index contributed by atoms with van der Waals surface area (Å²) < 4.78 is 46.6. The Balaban J connectivity index is 1.79. The molecule has 3 rings (SSSR count). The third-order valence-corrected chi connectivity index (χ3v) is 4.65. The average molecular weight is 338 g/mol. The quantitative estimate of drug-likeness (QED) is 0.914. The molecule has 1 aromatic carbocycles. The Bertz CT molecular complexity index is 876. The van der Waals surface area contributed by atoms with E-state index < -0.39 is 20.7 Å². The molecule has 0 radical (unpaired) electrons. The van der Waals surface area contributed by atoms with Gasteiger partial charge in [0, 0.05) is 12.6 Å². The van der Waals surface area contributed by atoms with E-state index in [2.05, 4.69) is 14.9 Å². The number of fused-ring (bicyclic) bond motifs is 1. The third kappa shape index (κ3) is 3.25. The summed E-state index contributed by atoms with van der Waals surface area (Å²) in [4.78, 5) is 1.40. The van der Waals surface area contributed by atoms with Gasteiger partial charge in [0.15, 0.2) is 0 Å². The number of nitrogens with zero attached hydrogens (tertiary/aromatic N) is 3. The molecule has 1 N–H and O–H groups in total. The van der Waals surface area contributed by atoms with Crippen LogP contribution >= 0.6 is 0 Å². The Kier molecular flexibility index (Phi) is 3.90. The summed E-state index contributed by atoms with van der Waals surface area (Å²) in [7, 11) is -2.25. The topological polar surface area (TPSA) is 87.8 Å². The molecule has 0 fully saturated rings. The van der Waals surface area contributed by atoms with Gasteiger partial charge >= 0.3 is 0 Å². The molecule has 122 valence electrons. The normalized spacial score (nSPS) is 15.9. The molecule has 2 heterocycles. The maximum atomic E-state index is 13.7. The number of hydrogen-bond acceptors (Lipinski definition) is 6. The smallest absolute Gasteiger partial charge is 0.289 e. The van der Waals surface area contributed by atoms with Crippen LogP contribution < -0.4 is 5.32 Å². The molecule has 0 saturated heterocycles. The van der Waals surface area contributed by atoms with Crippen molar-refractivity contribution in [3.63, 3.8) is 0 Å². The van der Waals surface area contributed by atoms with E-state index in [9.17, 15) is 12.8 Å². The molecule has 0 saturated carbocycles. The Morgan fingerprint density at radius 2 is 2.13 bits per heavy atom. The molecule has 9 heteroatoms. The van der Waals surface area contributed by atoms with Crippen LogP contribution in [0.1, 0.15) is 11.5 Å². The van der Waals surface area contributed by atoms with Gasteiger partial charge in [-0.25, -0.2) is 4.39 Å². The van der Waals surface area contributed by atoms with Crippen molar-refractivity contribution in [3.8, 4) is 0 Å². The largest absolute Gasteiger partial charge is 0.361 e. The maximum absolute atomic E-state index is 13.7. The lowest BCUT2D eigenvalue weighted by atomic mass is 10.3. The van der Waals surface area contributed by atoms with Gasteiger partial charge in [-0.15, -0.1) is 4.40 Å². The number of aryl methyl sites for hydroxylation is 1. The van der Waals surface area contributed by atoms with Crippen molar-refractivity contribution in [1.29, 1.82) is 0 Å². The van der Waals surface area contributed by atoms with Crippen LogP contribution in [0.3, 0.4) is 0 Å². The fourth-order valence-corrected chi connectivity index (χ4v) is 3.58. The summed E-state index contributed by atoms with van der Waals surface area (Å²) in [6.45, 7) is 2.50. The van der Waals surface area contributed by atoms with Gasteiger partial charge < -0.3 is 9.84 Å². The number of hydrogen-bond donors (Lipinski definition) is 1. The van der Waals surface area contributed by atoms with Gasteiger partial charge in [0.05, 0.1) is 17.9 Å². The molecule has 0 amide bonds. The van der Waals surface area contributed by atoms with Gasteiger partial charge in [-0.05, 0) is 26.1 Å². The van der Waals surface area contributed by atoms with Gasteiger partial charge in [0.2, 0.25) is 0 Å². The highest BCUT2D eigenvalue weighted by atomic mass is 32.2. The molecule has 0 unspecified atom stereocenters. The van der Waals surface area contributed by atoms with E-state index in [1.165, 1.54) is 12.1 Å². The van der Waals surface area contributed by atoms with Crippen LogP contribution in [-0.4, -0.2) is 37.9 Å². The molecule has 0 bridgehead atoms. The minimum absolute atomic E-state index is 0.195. The van der Waals surface area contributed by atoms with Gasteiger partial charge in [0.25, 0.3) is 10.0 Å². The highest BCUT2D eigenvalue weighted by Crippen LogP contribution is 2.29. The number of amidine groups is 1. The van der Waals surface area contributed by atoms with E-state index in [4.69, 9.17) is 4.52 Å². The number of anilines is 1. The van der Waals surface area contributed by atoms with Crippen LogP contribution in [0.5, 0.6) is 0 Å². The number of benzene rings is 1. The van der Waals surface area contributed by atoms with E-state index in [1.807, 2.05) is 4.90 Å². The zero-order valence-corrected chi connectivity index (χ0v) is 13.4. The van der Waals surface area contributed by atoms with Crippen LogP contribution in [0.15, 0.2) is 38.1 Å². The van der Waals surface area contributed by atoms with E-state index in [0.29, 0.717) is 12.3 Å². The minimum Gasteiger partial charge on any atom is -0.361 e. The summed E-state index contributed by atoms with van der Waals surface area (Å²) in [5.74, 6) is 0.114. The zero-order valence-electron chi connectivity index (χ0n) is 12.6. The predicted molar refractivity (Wildman–Crippen MR) is 82.2 cm³/mol. The van der Waals surface area contributed by atoms with Gasteiger partial charge in [-0.3, -0.25) is 4.90 Å². The van der Waals surface area contributed by atoms with Gasteiger partial charge in [-0.1, -0.05) is 11.2 Å². The van der Waals surface area contributed by atoms with E-state index in [1.54, 1.807) is 20.0 Å². The summed E-state index contributed by atoms with van der Waals surface area (Å²) >= 11 is 0. The first kappa shape index (κ1) is 15.6. The lowest BCUT2D eigenvalue weighted by molar-refractivity contribution is 0.341. The van der Waals surface area contributed by atoms with Crippen molar-refractivity contribution >= 4 is 21.5 Å². The Morgan fingerprint density at radius 3 is 2.83 bits per heavy atom. The summed E-state index contributed by atoms with van der Waals surface area (Å²) in [5, 5.41) is 6.74. The maximum Gasteiger partial charge on any atom is 0.289 e. The van der Waals surface area contributed by atoms with E-state index in [0.717, 1.165) is 11.8 Å². The van der Waals surface area contributed by atoms with E-state index >= 15 is 0 Å². The number of likely N-dealkylation sites (N-methyl/N-ethyl adjacent to an activating group) is 1. The van der Waals surface area contributed by atoms with Crippen LogP contribution in [-0.2, 0) is 16.6 Å². The number of rotatable bonds is 4. The fourth-order valence-electron chi connectivity index (χ4n) is 2.39. The van der Waals surface area contributed by atoms with Gasteiger partial charge in [0.1, 0.15) is 22.3 Å². The highest BCUT2D eigenvalue weighted by molar-refractivity contribution is 7.90. The molecule has 23 heavy (non-hydrogen) atoms. The lowest BCUT2D eigenvalue weighted by Gasteiger charge is -2.22. The summed E-state index contributed by atoms with van der Waals surface area (Å²) in [5.41, 5.74) is 0.927. The monoisotopic (exact) mass is 338 g/mol. The average Bonchev–Trinajstić information content (AvgIpc) is 2.82. The fraction of sp³-hybridized carbons (Fsp3) is 0.286. The number of sulfonamides is 1. The van der Waals surface area contributed by atoms with Crippen LogP contribution in [0, 0.1) is 12.7 Å². The predicted octanol–water partition coefficient (Wildman–Crippen LogP) is 1.77. The second-order valence-electron chi connectivity index (χ2n) is 5.36. The highest BCUT2D eigenvalue weighted by Gasteiger charge is 2.28. The second kappa shape index (κ2) is 5.74. The summed E-state index contributed by atoms with van der Waals surface area (Å²) in [6.07, 6.45) is 0. The van der Waals surface area contributed by atoms with Crippen molar-refractivity contribution in [1.82, 2.24) is 10.1 Å². The van der Waals surface area contributed by atoms with Crippen LogP contribution in [0.4, 0.5) is 10.1 Å². The summed E-state index contributed by atoms with van der Waals surface area (Å²) in [6, 6.07) is 5.85. The molecule has 1 aliphatic rings. The Labute approximate surface area is 132 Å². The Hall–Kier alpha value is -2.26. The molecule has 0 spiro atoms. The number of aromatic nitrogens is 1. The van der Waals surface area contributed by atoms with Crippen molar-refractivity contribution in [2.24, 2.45) is 4.40 Å². The molecular formula is C14H15FN4O3S. The number of nitrogens with one attached hydrogen (secondary N) is 1. The molecule has 1 aromatic heterocycles. The van der Waals surface area contributed by atoms with Crippen molar-refractivity contribution in [2.75, 3.05) is 18.9 Å². The standard InChI is InChI=1S/C14H15FN4O3S/c1-9-6-10(17-22-9)7-19(2)8-13-16-12-5-3-4-11(15)14(12)23(20,21)18-13/h3-6H,7-8H2,1-2H3,(H,16,18). The van der Waals surface area contributed by atoms with Crippen molar-refractivity contribution in [2.45, 2.75) is 18.4 Å². The third-order valence-electron chi connectivity index (χ3n) is 3.26. The molecule has 0 aliphatic carbocycles. The molecule has 0 atom stereocenters. The Morgan fingerprint density at radius 1 is 1.35 bits per heavy atom. The molecule has 2 aromatic rings. The van der Waals surface area contributed by atoms with Crippen molar-refractivity contribution < 1.29 is 17.3 Å². The first-order valence-electron chi connectivity index (χ1n) is 6.85. The van der Waals surface area contributed by atoms with E-state index in [-0.39, 0.29) is 18.1 Å². The molecule has 7 nitrogen and oxygen atoms in total. The van der Waals surface area contributed by atoms with Gasteiger partial charge in [-0.2, -0.15) is 8.42 Å². The van der Waals surface area contributed by atoms with Crippen molar-refractivity contribution in [3.05, 3.63) is 41.5 Å². The minimum atomic E-state index is -4.05. The SMILES string of the molecule is Cc1cc(CN(C)CC2=NS(=O)(=O)c3c(F)cccc3N2)no1. The lowest BCUT2D eigenvalue weighted by Crippen LogP contribution is -2.33. The molecular weight excluding hydrogens is 323 g/mol. The van der Waals surface area contributed by atoms with Crippen LogP contribution in [0.25, 0.3) is 0 Å². The zero-order chi connectivity index (χ0) is 16.6. The van der Waals surface area contributed by atoms with Crippen LogP contribution in [0.2, 0.25) is 0 Å². The number of halogens is 1. The molecule has 1 aliphatic heterocycles. The second-order valence-corrected chi connectivity index (χ2v) is 6.90. The first-order chi connectivity index (χ1) is 10.8.